The summed E-state index contributed by atoms with van der Waals surface area (Å²) in [6, 6.07) is 6.14. The van der Waals surface area contributed by atoms with Crippen molar-refractivity contribution in [3.8, 4) is 0 Å². The molecule has 1 rings (SSSR count). The number of methoxy groups -OCH3 is 1. The molecule has 0 radical (unpaired) electrons. The largest absolute Gasteiger partial charge is 1.00 e. The van der Waals surface area contributed by atoms with Gasteiger partial charge in [-0.2, -0.15) is 0 Å². The van der Waals surface area contributed by atoms with E-state index in [-0.39, 0.29) is 34.5 Å². The van der Waals surface area contributed by atoms with Crippen molar-refractivity contribution in [1.29, 1.82) is 0 Å². The van der Waals surface area contributed by atoms with Crippen molar-refractivity contribution in [3.63, 3.8) is 0 Å². The fraction of sp³-hybridized carbons (Fsp3) is 0.500. The second-order valence-electron chi connectivity index (χ2n) is 3.91. The van der Waals surface area contributed by atoms with Gasteiger partial charge in [-0.05, 0) is 36.5 Å². The van der Waals surface area contributed by atoms with Gasteiger partial charge in [0, 0.05) is 13.7 Å². The molecule has 0 aliphatic rings. The van der Waals surface area contributed by atoms with E-state index in [0.717, 1.165) is 18.4 Å². The van der Waals surface area contributed by atoms with Crippen LogP contribution in [0.5, 0.6) is 0 Å². The third-order valence-corrected chi connectivity index (χ3v) is 3.65. The number of hydrogen-bond acceptors (Lipinski definition) is 4. The van der Waals surface area contributed by atoms with Crippen LogP contribution in [0.4, 0.5) is 0 Å². The first kappa shape index (κ1) is 18.1. The van der Waals surface area contributed by atoms with Crippen molar-refractivity contribution in [1.82, 2.24) is 0 Å². The minimum absolute atomic E-state index is 0. The van der Waals surface area contributed by atoms with Crippen LogP contribution in [0.1, 0.15) is 31.2 Å². The molecular formula is C12H17NaO4S. The van der Waals surface area contributed by atoms with Crippen LogP contribution in [0.3, 0.4) is 0 Å². The van der Waals surface area contributed by atoms with Crippen molar-refractivity contribution < 1.29 is 47.3 Å². The summed E-state index contributed by atoms with van der Waals surface area (Å²) >= 11 is 0. The number of hydrogen-bond donors (Lipinski definition) is 0. The van der Waals surface area contributed by atoms with E-state index in [1.165, 1.54) is 12.1 Å². The molecule has 1 aromatic rings. The van der Waals surface area contributed by atoms with Crippen LogP contribution in [0.25, 0.3) is 0 Å². The van der Waals surface area contributed by atoms with E-state index in [4.69, 9.17) is 4.74 Å². The van der Waals surface area contributed by atoms with Crippen LogP contribution in [-0.2, 0) is 14.9 Å². The summed E-state index contributed by atoms with van der Waals surface area (Å²) in [6.45, 7) is 2.73. The second kappa shape index (κ2) is 8.30. The van der Waals surface area contributed by atoms with Gasteiger partial charge in [-0.3, -0.25) is 0 Å². The Morgan fingerprint density at radius 1 is 1.28 bits per heavy atom. The minimum atomic E-state index is -4.34. The maximum absolute atomic E-state index is 10.8. The molecule has 0 saturated heterocycles. The molecule has 0 N–H and O–H groups in total. The quantitative estimate of drug-likeness (QED) is 0.501. The predicted octanol–water partition coefficient (Wildman–Crippen LogP) is -0.875. The van der Waals surface area contributed by atoms with Gasteiger partial charge in [-0.15, -0.1) is 0 Å². The maximum atomic E-state index is 10.8. The molecule has 0 aliphatic heterocycles. The Morgan fingerprint density at radius 2 is 1.83 bits per heavy atom. The SMILES string of the molecule is CCC(CCOC)c1ccc(S(=O)(=O)[O-])cc1.[Na+]. The molecule has 96 valence electrons. The number of ether oxygens (including phenoxy) is 1. The van der Waals surface area contributed by atoms with Gasteiger partial charge in [0.15, 0.2) is 0 Å². The molecule has 0 bridgehead atoms. The minimum Gasteiger partial charge on any atom is -0.744 e. The van der Waals surface area contributed by atoms with Crippen molar-refractivity contribution in [2.45, 2.75) is 30.6 Å². The van der Waals surface area contributed by atoms with Crippen LogP contribution in [0.2, 0.25) is 0 Å². The van der Waals surface area contributed by atoms with Crippen molar-refractivity contribution in [2.24, 2.45) is 0 Å². The molecule has 0 aliphatic carbocycles. The summed E-state index contributed by atoms with van der Waals surface area (Å²) in [5, 5.41) is 0. The molecule has 18 heavy (non-hydrogen) atoms. The Bertz CT molecular complexity index is 442. The molecule has 0 saturated carbocycles. The van der Waals surface area contributed by atoms with Crippen molar-refractivity contribution >= 4 is 10.1 Å². The second-order valence-corrected chi connectivity index (χ2v) is 5.29. The molecular weight excluding hydrogens is 263 g/mol. The molecule has 4 nitrogen and oxygen atoms in total. The first-order valence-corrected chi connectivity index (χ1v) is 6.94. The summed E-state index contributed by atoms with van der Waals surface area (Å²) in [4.78, 5) is -0.178. The Labute approximate surface area is 131 Å². The average Bonchev–Trinajstić information content (AvgIpc) is 2.29. The van der Waals surface area contributed by atoms with Gasteiger partial charge in [0.1, 0.15) is 10.1 Å². The Morgan fingerprint density at radius 3 is 2.22 bits per heavy atom. The van der Waals surface area contributed by atoms with E-state index in [9.17, 15) is 13.0 Å². The number of rotatable bonds is 6. The fourth-order valence-electron chi connectivity index (χ4n) is 1.77. The molecule has 1 aromatic carbocycles. The molecule has 0 spiro atoms. The van der Waals surface area contributed by atoms with Crippen molar-refractivity contribution in [3.05, 3.63) is 29.8 Å². The van der Waals surface area contributed by atoms with Crippen LogP contribution < -0.4 is 29.6 Å². The third kappa shape index (κ3) is 5.38. The molecule has 0 heterocycles. The number of benzene rings is 1. The van der Waals surface area contributed by atoms with Gasteiger partial charge in [0.2, 0.25) is 0 Å². The van der Waals surface area contributed by atoms with E-state index < -0.39 is 10.1 Å². The van der Waals surface area contributed by atoms with E-state index in [2.05, 4.69) is 6.92 Å². The molecule has 0 aromatic heterocycles. The average molecular weight is 280 g/mol. The van der Waals surface area contributed by atoms with Crippen LogP contribution in [-0.4, -0.2) is 26.7 Å². The smallest absolute Gasteiger partial charge is 0.744 e. The van der Waals surface area contributed by atoms with Gasteiger partial charge in [-0.25, -0.2) is 8.42 Å². The van der Waals surface area contributed by atoms with Crippen LogP contribution in [0, 0.1) is 0 Å². The van der Waals surface area contributed by atoms with Gasteiger partial charge >= 0.3 is 29.6 Å². The van der Waals surface area contributed by atoms with Crippen LogP contribution >= 0.6 is 0 Å². The first-order chi connectivity index (χ1) is 7.99. The van der Waals surface area contributed by atoms with E-state index in [1.54, 1.807) is 19.2 Å². The topological polar surface area (TPSA) is 66.4 Å². The Hall–Kier alpha value is 0.0900. The van der Waals surface area contributed by atoms with E-state index in [1.807, 2.05) is 0 Å². The van der Waals surface area contributed by atoms with Gasteiger partial charge < -0.3 is 9.29 Å². The van der Waals surface area contributed by atoms with Crippen LogP contribution in [0.15, 0.2) is 29.2 Å². The van der Waals surface area contributed by atoms with Gasteiger partial charge in [0.05, 0.1) is 4.90 Å². The van der Waals surface area contributed by atoms with E-state index in [0.29, 0.717) is 12.5 Å². The summed E-state index contributed by atoms with van der Waals surface area (Å²) in [5.41, 5.74) is 1.04. The fourth-order valence-corrected chi connectivity index (χ4v) is 2.24. The molecule has 0 fully saturated rings. The summed E-state index contributed by atoms with van der Waals surface area (Å²) < 4.78 is 37.4. The zero-order chi connectivity index (χ0) is 12.9. The maximum Gasteiger partial charge on any atom is 1.00 e. The first-order valence-electron chi connectivity index (χ1n) is 5.53. The Balaban J connectivity index is 0.00000289. The molecule has 0 amide bonds. The monoisotopic (exact) mass is 280 g/mol. The Kier molecular flexibility index (Phi) is 8.34. The van der Waals surface area contributed by atoms with E-state index >= 15 is 0 Å². The standard InChI is InChI=1S/C12H18O4S.Na/c1-3-10(8-9-16-2)11-4-6-12(7-5-11)17(13,14)15;/h4-7,10H,3,8-9H2,1-2H3,(H,13,14,15);/q;+1/p-1. The molecule has 6 heteroatoms. The summed E-state index contributed by atoms with van der Waals surface area (Å²) in [5.74, 6) is 0.332. The van der Waals surface area contributed by atoms with Gasteiger partial charge in [0.25, 0.3) is 0 Å². The molecule has 1 atom stereocenters. The zero-order valence-electron chi connectivity index (χ0n) is 11.0. The molecule has 1 unspecified atom stereocenters. The van der Waals surface area contributed by atoms with Gasteiger partial charge in [-0.1, -0.05) is 19.1 Å². The third-order valence-electron chi connectivity index (χ3n) is 2.80. The summed E-state index contributed by atoms with van der Waals surface area (Å²) in [7, 11) is -2.69. The van der Waals surface area contributed by atoms with Crippen molar-refractivity contribution in [2.75, 3.05) is 13.7 Å². The normalized spacial score (nSPS) is 12.8. The predicted molar refractivity (Wildman–Crippen MR) is 63.9 cm³/mol. The summed E-state index contributed by atoms with van der Waals surface area (Å²) in [6.07, 6.45) is 1.84. The zero-order valence-corrected chi connectivity index (χ0v) is 13.9.